The third-order valence-corrected chi connectivity index (χ3v) is 1.46. The minimum Gasteiger partial charge on any atom is -0.397 e. The molecule has 0 spiro atoms. The quantitative estimate of drug-likeness (QED) is 0.591. The molecule has 2 heteroatoms. The summed E-state index contributed by atoms with van der Waals surface area (Å²) in [6, 6.07) is 4.16. The van der Waals surface area contributed by atoms with E-state index >= 15 is 0 Å². The lowest BCUT2D eigenvalue weighted by Gasteiger charge is -1.65. The van der Waals surface area contributed by atoms with Crippen molar-refractivity contribution < 1.29 is 5.11 Å². The summed E-state index contributed by atoms with van der Waals surface area (Å²) in [5, 5.41) is 9.65. The fraction of sp³-hybridized carbons (Fsp3) is 0.429. The van der Waals surface area contributed by atoms with Gasteiger partial charge < -0.3 is 5.11 Å². The van der Waals surface area contributed by atoms with Crippen LogP contribution in [0.3, 0.4) is 0 Å². The molecule has 0 aliphatic heterocycles. The molecule has 9 heavy (non-hydrogen) atoms. The normalized spacial score (nSPS) is 7.89. The van der Waals surface area contributed by atoms with Crippen LogP contribution in [0.1, 0.15) is 11.8 Å². The highest BCUT2D eigenvalue weighted by atomic mass is 32.1. The van der Waals surface area contributed by atoms with Gasteiger partial charge in [0.15, 0.2) is 0 Å². The zero-order valence-corrected chi connectivity index (χ0v) is 6.61. The van der Waals surface area contributed by atoms with Crippen LogP contribution in [0.4, 0.5) is 0 Å². The summed E-state index contributed by atoms with van der Waals surface area (Å²) in [4.78, 5) is 1.38. The number of rotatable bonds is 0. The molecule has 0 atom stereocenters. The standard InChI is InChI=1S/C5H6S.C2H6O/c1-5-3-2-4-6-5;1-2-3/h2-4H,1H3;3H,2H2,1H3. The van der Waals surface area contributed by atoms with E-state index in [1.165, 1.54) is 4.88 Å². The van der Waals surface area contributed by atoms with Crippen LogP contribution in [0, 0.1) is 6.92 Å². The summed E-state index contributed by atoms with van der Waals surface area (Å²) in [7, 11) is 0. The molecular formula is C7H12OS. The summed E-state index contributed by atoms with van der Waals surface area (Å²) >= 11 is 1.78. The van der Waals surface area contributed by atoms with Crippen LogP contribution in [0.5, 0.6) is 0 Å². The molecule has 1 aromatic rings. The first-order valence-corrected chi connectivity index (χ1v) is 3.80. The molecule has 1 aromatic heterocycles. The van der Waals surface area contributed by atoms with Crippen molar-refractivity contribution in [3.8, 4) is 0 Å². The molecule has 0 bridgehead atoms. The molecule has 0 saturated heterocycles. The van der Waals surface area contributed by atoms with E-state index < -0.39 is 0 Å². The van der Waals surface area contributed by atoms with Gasteiger partial charge in [0.2, 0.25) is 0 Å². The van der Waals surface area contributed by atoms with Crippen molar-refractivity contribution in [2.45, 2.75) is 13.8 Å². The monoisotopic (exact) mass is 144 g/mol. The molecule has 1 heterocycles. The molecule has 52 valence electrons. The third kappa shape index (κ3) is 5.53. The second-order valence-corrected chi connectivity index (χ2v) is 2.69. The van der Waals surface area contributed by atoms with Crippen LogP contribution >= 0.6 is 11.3 Å². The maximum atomic E-state index is 7.57. The first-order chi connectivity index (χ1) is 4.31. The average Bonchev–Trinajstić information content (AvgIpc) is 2.20. The summed E-state index contributed by atoms with van der Waals surface area (Å²) in [6.07, 6.45) is 0. The van der Waals surface area contributed by atoms with Crippen LogP contribution in [0.2, 0.25) is 0 Å². The average molecular weight is 144 g/mol. The molecule has 1 N–H and O–H groups in total. The van der Waals surface area contributed by atoms with Crippen LogP contribution in [0.15, 0.2) is 17.5 Å². The highest BCUT2D eigenvalue weighted by Crippen LogP contribution is 2.03. The van der Waals surface area contributed by atoms with E-state index in [9.17, 15) is 0 Å². The van der Waals surface area contributed by atoms with Crippen molar-refractivity contribution >= 4 is 11.3 Å². The van der Waals surface area contributed by atoms with Crippen molar-refractivity contribution in [2.75, 3.05) is 6.61 Å². The zero-order chi connectivity index (χ0) is 7.11. The van der Waals surface area contributed by atoms with Crippen LogP contribution in [-0.2, 0) is 0 Å². The van der Waals surface area contributed by atoms with Gasteiger partial charge in [-0.15, -0.1) is 11.3 Å². The lowest BCUT2D eigenvalue weighted by molar-refractivity contribution is 0.318. The van der Waals surface area contributed by atoms with Gasteiger partial charge in [0.05, 0.1) is 0 Å². The minimum absolute atomic E-state index is 0.250. The Morgan fingerprint density at radius 3 is 2.33 bits per heavy atom. The Morgan fingerprint density at radius 1 is 1.67 bits per heavy atom. The first-order valence-electron chi connectivity index (χ1n) is 2.92. The highest BCUT2D eigenvalue weighted by Gasteiger charge is 1.74. The Morgan fingerprint density at radius 2 is 2.22 bits per heavy atom. The summed E-state index contributed by atoms with van der Waals surface area (Å²) in [5.41, 5.74) is 0. The topological polar surface area (TPSA) is 20.2 Å². The molecule has 0 unspecified atom stereocenters. The van der Waals surface area contributed by atoms with E-state index in [1.54, 1.807) is 18.3 Å². The Balaban J connectivity index is 0.000000187. The third-order valence-electron chi connectivity index (χ3n) is 0.663. The van der Waals surface area contributed by atoms with E-state index in [2.05, 4.69) is 24.4 Å². The number of aliphatic hydroxyl groups is 1. The van der Waals surface area contributed by atoms with E-state index in [4.69, 9.17) is 5.11 Å². The van der Waals surface area contributed by atoms with Crippen LogP contribution < -0.4 is 0 Å². The molecule has 1 nitrogen and oxygen atoms in total. The number of hydrogen-bond donors (Lipinski definition) is 1. The van der Waals surface area contributed by atoms with Gasteiger partial charge in [-0.2, -0.15) is 0 Å². The number of hydrogen-bond acceptors (Lipinski definition) is 2. The maximum absolute atomic E-state index is 7.57. The molecule has 1 rings (SSSR count). The molecule has 0 radical (unpaired) electrons. The predicted molar refractivity (Wildman–Crippen MR) is 41.8 cm³/mol. The zero-order valence-electron chi connectivity index (χ0n) is 5.79. The molecule has 0 amide bonds. The second-order valence-electron chi connectivity index (χ2n) is 1.54. The number of aryl methyl sites for hydroxylation is 1. The first kappa shape index (κ1) is 8.66. The van der Waals surface area contributed by atoms with Gasteiger partial charge in [-0.05, 0) is 25.3 Å². The van der Waals surface area contributed by atoms with Gasteiger partial charge in [0.1, 0.15) is 0 Å². The molecule has 0 aliphatic carbocycles. The van der Waals surface area contributed by atoms with E-state index in [0.29, 0.717) is 0 Å². The Labute approximate surface area is 60.0 Å². The van der Waals surface area contributed by atoms with Crippen molar-refractivity contribution in [3.05, 3.63) is 22.4 Å². The van der Waals surface area contributed by atoms with Crippen molar-refractivity contribution in [2.24, 2.45) is 0 Å². The smallest absolute Gasteiger partial charge is 0.0402 e. The fourth-order valence-corrected chi connectivity index (χ4v) is 0.890. The number of thiophene rings is 1. The van der Waals surface area contributed by atoms with Crippen LogP contribution in [-0.4, -0.2) is 11.7 Å². The van der Waals surface area contributed by atoms with Gasteiger partial charge in [-0.25, -0.2) is 0 Å². The summed E-state index contributed by atoms with van der Waals surface area (Å²) in [6.45, 7) is 4.03. The maximum Gasteiger partial charge on any atom is 0.0402 e. The Bertz CT molecular complexity index is 123. The van der Waals surface area contributed by atoms with Gasteiger partial charge in [0, 0.05) is 11.5 Å². The van der Waals surface area contributed by atoms with Gasteiger partial charge in [-0.3, -0.25) is 0 Å². The minimum atomic E-state index is 0.250. The lowest BCUT2D eigenvalue weighted by atomic mass is 10.5. The molecular weight excluding hydrogens is 132 g/mol. The number of aliphatic hydroxyl groups excluding tert-OH is 1. The highest BCUT2D eigenvalue weighted by molar-refractivity contribution is 7.09. The lowest BCUT2D eigenvalue weighted by Crippen LogP contribution is -1.57. The molecule has 0 aromatic carbocycles. The van der Waals surface area contributed by atoms with Gasteiger partial charge >= 0.3 is 0 Å². The van der Waals surface area contributed by atoms with Gasteiger partial charge in [0.25, 0.3) is 0 Å². The van der Waals surface area contributed by atoms with Crippen LogP contribution in [0.25, 0.3) is 0 Å². The van der Waals surface area contributed by atoms with E-state index in [-0.39, 0.29) is 6.61 Å². The second kappa shape index (κ2) is 5.79. The SMILES string of the molecule is CCO.Cc1cccs1. The molecule has 0 aliphatic rings. The molecule has 0 saturated carbocycles. The Kier molecular flexibility index (Phi) is 5.57. The Hall–Kier alpha value is -0.340. The fourth-order valence-electron chi connectivity index (χ4n) is 0.361. The molecule has 0 fully saturated rings. The van der Waals surface area contributed by atoms with Gasteiger partial charge in [-0.1, -0.05) is 6.07 Å². The van der Waals surface area contributed by atoms with Crippen molar-refractivity contribution in [1.29, 1.82) is 0 Å². The predicted octanol–water partition coefficient (Wildman–Crippen LogP) is 2.06. The largest absolute Gasteiger partial charge is 0.397 e. The summed E-state index contributed by atoms with van der Waals surface area (Å²) < 4.78 is 0. The van der Waals surface area contributed by atoms with E-state index in [1.807, 2.05) is 0 Å². The van der Waals surface area contributed by atoms with Crippen molar-refractivity contribution in [1.82, 2.24) is 0 Å². The van der Waals surface area contributed by atoms with Crippen molar-refractivity contribution in [3.63, 3.8) is 0 Å². The summed E-state index contributed by atoms with van der Waals surface area (Å²) in [5.74, 6) is 0. The van der Waals surface area contributed by atoms with E-state index in [0.717, 1.165) is 0 Å².